The Hall–Kier alpha value is -2.58. The predicted molar refractivity (Wildman–Crippen MR) is 105 cm³/mol. The number of aliphatic imine (C=N–C) groups is 1. The molecule has 0 fully saturated rings. The highest BCUT2D eigenvalue weighted by Gasteiger charge is 2.32. The van der Waals surface area contributed by atoms with Crippen molar-refractivity contribution in [1.82, 2.24) is 5.32 Å². The van der Waals surface area contributed by atoms with Crippen LogP contribution in [0.1, 0.15) is 18.1 Å². The van der Waals surface area contributed by atoms with E-state index in [1.807, 2.05) is 0 Å². The van der Waals surface area contributed by atoms with Crippen molar-refractivity contribution in [3.05, 3.63) is 63.9 Å². The molecule has 2 aromatic carbocycles. The molecule has 2 aromatic rings. The maximum absolute atomic E-state index is 14.5. The van der Waals surface area contributed by atoms with Crippen LogP contribution in [0.3, 0.4) is 0 Å². The minimum Gasteiger partial charge on any atom is -0.325 e. The summed E-state index contributed by atoms with van der Waals surface area (Å²) in [6.07, 6.45) is -1.21. The number of rotatable bonds is 3. The summed E-state index contributed by atoms with van der Waals surface area (Å²) in [5, 5.41) is 2.53. The highest BCUT2D eigenvalue weighted by molar-refractivity contribution is 9.10. The predicted octanol–water partition coefficient (Wildman–Crippen LogP) is 2.19. The average Bonchev–Trinajstić information content (AvgIpc) is 2.72. The van der Waals surface area contributed by atoms with Crippen LogP contribution < -0.4 is 16.0 Å². The second-order valence-electron chi connectivity index (χ2n) is 6.22. The van der Waals surface area contributed by atoms with Crippen LogP contribution in [0.4, 0.5) is 10.1 Å². The molecular weight excluding hydrogens is 415 g/mol. The molecule has 0 bridgehead atoms. The molecule has 27 heavy (non-hydrogen) atoms. The fraction of sp³-hybridized carbons (Fsp3) is 0.211. The third-order valence-corrected chi connectivity index (χ3v) is 4.71. The first-order valence-corrected chi connectivity index (χ1v) is 9.05. The van der Waals surface area contributed by atoms with Crippen molar-refractivity contribution in [3.63, 3.8) is 0 Å². The SMILES string of the molecule is C[C@H](N)C(=O)NC1N=C(c2ccccc2F)c2cc(Br)ccc2N(C)C1=O. The molecule has 0 spiro atoms. The fourth-order valence-electron chi connectivity index (χ4n) is 2.77. The number of fused-ring (bicyclic) bond motifs is 1. The summed E-state index contributed by atoms with van der Waals surface area (Å²) < 4.78 is 15.3. The van der Waals surface area contributed by atoms with Crippen molar-refractivity contribution in [2.45, 2.75) is 19.1 Å². The van der Waals surface area contributed by atoms with E-state index in [4.69, 9.17) is 5.73 Å². The third-order valence-electron chi connectivity index (χ3n) is 4.22. The number of nitrogens with two attached hydrogens (primary N) is 1. The average molecular weight is 433 g/mol. The topological polar surface area (TPSA) is 87.8 Å². The summed E-state index contributed by atoms with van der Waals surface area (Å²) in [7, 11) is 1.58. The van der Waals surface area contributed by atoms with Crippen LogP contribution in [0.15, 0.2) is 51.9 Å². The van der Waals surface area contributed by atoms with Crippen LogP contribution in [0.5, 0.6) is 0 Å². The number of halogens is 2. The second kappa shape index (κ2) is 7.58. The molecule has 3 rings (SSSR count). The number of nitrogens with one attached hydrogen (secondary N) is 1. The maximum Gasteiger partial charge on any atom is 0.272 e. The molecule has 0 saturated carbocycles. The minimum absolute atomic E-state index is 0.236. The van der Waals surface area contributed by atoms with E-state index < -0.39 is 29.8 Å². The molecule has 2 amide bonds. The molecule has 0 aromatic heterocycles. The Morgan fingerprint density at radius 1 is 1.30 bits per heavy atom. The van der Waals surface area contributed by atoms with E-state index in [0.29, 0.717) is 11.3 Å². The van der Waals surface area contributed by atoms with Crippen molar-refractivity contribution in [2.24, 2.45) is 10.7 Å². The Balaban J connectivity index is 2.22. The van der Waals surface area contributed by atoms with Gasteiger partial charge in [-0.3, -0.25) is 9.59 Å². The number of carbonyl (C=O) groups is 2. The first kappa shape index (κ1) is 19.2. The van der Waals surface area contributed by atoms with Crippen LogP contribution in [0, 0.1) is 5.82 Å². The maximum atomic E-state index is 14.5. The quantitative estimate of drug-likeness (QED) is 0.778. The summed E-state index contributed by atoms with van der Waals surface area (Å²) in [6, 6.07) is 10.6. The van der Waals surface area contributed by atoms with Gasteiger partial charge in [-0.25, -0.2) is 9.38 Å². The molecule has 1 unspecified atom stereocenters. The van der Waals surface area contributed by atoms with E-state index in [2.05, 4.69) is 26.2 Å². The zero-order valence-electron chi connectivity index (χ0n) is 14.7. The van der Waals surface area contributed by atoms with Gasteiger partial charge in [-0.1, -0.05) is 28.1 Å². The van der Waals surface area contributed by atoms with E-state index in [0.717, 1.165) is 4.47 Å². The smallest absolute Gasteiger partial charge is 0.272 e. The lowest BCUT2D eigenvalue weighted by Crippen LogP contribution is -2.50. The summed E-state index contributed by atoms with van der Waals surface area (Å²) in [5.74, 6) is -1.44. The summed E-state index contributed by atoms with van der Waals surface area (Å²) >= 11 is 3.41. The molecule has 6 nitrogen and oxygen atoms in total. The number of nitrogens with zero attached hydrogens (tertiary/aromatic N) is 2. The number of hydrogen-bond donors (Lipinski definition) is 2. The number of benzodiazepines with no additional fused rings is 1. The van der Waals surface area contributed by atoms with Crippen molar-refractivity contribution >= 4 is 39.1 Å². The van der Waals surface area contributed by atoms with Crippen molar-refractivity contribution in [1.29, 1.82) is 0 Å². The van der Waals surface area contributed by atoms with Gasteiger partial charge in [0.2, 0.25) is 12.1 Å². The molecule has 1 heterocycles. The van der Waals surface area contributed by atoms with E-state index in [9.17, 15) is 14.0 Å². The van der Waals surface area contributed by atoms with Gasteiger partial charge in [0.05, 0.1) is 17.4 Å². The Bertz CT molecular complexity index is 945. The first-order valence-electron chi connectivity index (χ1n) is 8.25. The van der Waals surface area contributed by atoms with E-state index >= 15 is 0 Å². The number of likely N-dealkylation sites (N-methyl/N-ethyl adjacent to an activating group) is 1. The lowest BCUT2D eigenvalue weighted by molar-refractivity contribution is -0.127. The number of amides is 2. The lowest BCUT2D eigenvalue weighted by atomic mass is 10.00. The molecule has 3 N–H and O–H groups in total. The molecule has 0 aliphatic carbocycles. The van der Waals surface area contributed by atoms with Gasteiger partial charge in [0.25, 0.3) is 5.91 Å². The van der Waals surface area contributed by atoms with Crippen LogP contribution >= 0.6 is 15.9 Å². The zero-order chi connectivity index (χ0) is 19.7. The van der Waals surface area contributed by atoms with Crippen LogP contribution in [0.2, 0.25) is 0 Å². The van der Waals surface area contributed by atoms with Crippen molar-refractivity contribution < 1.29 is 14.0 Å². The highest BCUT2D eigenvalue weighted by Crippen LogP contribution is 2.30. The van der Waals surface area contributed by atoms with Crippen LogP contribution in [-0.4, -0.2) is 36.8 Å². The Labute approximate surface area is 164 Å². The molecule has 0 radical (unpaired) electrons. The van der Waals surface area contributed by atoms with Gasteiger partial charge < -0.3 is 16.0 Å². The van der Waals surface area contributed by atoms with Gasteiger partial charge in [-0.2, -0.15) is 0 Å². The van der Waals surface area contributed by atoms with Gasteiger partial charge in [0.1, 0.15) is 5.82 Å². The molecular formula is C19H18BrFN4O2. The van der Waals surface area contributed by atoms with E-state index in [1.165, 1.54) is 17.9 Å². The van der Waals surface area contributed by atoms with Gasteiger partial charge in [0, 0.05) is 22.6 Å². The second-order valence-corrected chi connectivity index (χ2v) is 7.13. The number of anilines is 1. The summed E-state index contributed by atoms with van der Waals surface area (Å²) in [6.45, 7) is 1.51. The number of carbonyl (C=O) groups excluding carboxylic acids is 2. The zero-order valence-corrected chi connectivity index (χ0v) is 16.3. The number of benzene rings is 2. The monoisotopic (exact) mass is 432 g/mol. The van der Waals surface area contributed by atoms with Gasteiger partial charge in [-0.15, -0.1) is 0 Å². The Morgan fingerprint density at radius 3 is 2.67 bits per heavy atom. The standard InChI is InChI=1S/C19H18BrFN4O2/c1-10(22)18(26)24-17-19(27)25(2)15-8-7-11(20)9-13(15)16(23-17)12-5-3-4-6-14(12)21/h3-10,17H,22H2,1-2H3,(H,24,26)/t10-,17?/m0/s1. The molecule has 2 atom stereocenters. The van der Waals surface area contributed by atoms with Gasteiger partial charge in [0.15, 0.2) is 0 Å². The lowest BCUT2D eigenvalue weighted by Gasteiger charge is -2.21. The van der Waals surface area contributed by atoms with Crippen LogP contribution in [-0.2, 0) is 9.59 Å². The molecule has 1 aliphatic heterocycles. The molecule has 8 heteroatoms. The third kappa shape index (κ3) is 3.77. The Morgan fingerprint density at radius 2 is 2.00 bits per heavy atom. The van der Waals surface area contributed by atoms with Crippen molar-refractivity contribution in [2.75, 3.05) is 11.9 Å². The Kier molecular flexibility index (Phi) is 5.38. The summed E-state index contributed by atoms with van der Waals surface area (Å²) in [4.78, 5) is 30.7. The highest BCUT2D eigenvalue weighted by atomic mass is 79.9. The van der Waals surface area contributed by atoms with Gasteiger partial charge >= 0.3 is 0 Å². The first-order chi connectivity index (χ1) is 12.8. The van der Waals surface area contributed by atoms with E-state index in [-0.39, 0.29) is 11.3 Å². The fourth-order valence-corrected chi connectivity index (χ4v) is 3.14. The summed E-state index contributed by atoms with van der Waals surface area (Å²) in [5.41, 5.74) is 7.24. The van der Waals surface area contributed by atoms with Gasteiger partial charge in [-0.05, 0) is 37.3 Å². The molecule has 140 valence electrons. The van der Waals surface area contributed by atoms with Crippen molar-refractivity contribution in [3.8, 4) is 0 Å². The molecule has 1 aliphatic rings. The minimum atomic E-state index is -1.21. The molecule has 0 saturated heterocycles. The largest absolute Gasteiger partial charge is 0.325 e. The van der Waals surface area contributed by atoms with Crippen LogP contribution in [0.25, 0.3) is 0 Å². The van der Waals surface area contributed by atoms with E-state index in [1.54, 1.807) is 43.4 Å². The number of hydrogen-bond acceptors (Lipinski definition) is 4. The normalized spacial score (nSPS) is 17.7.